The molecule has 0 bridgehead atoms. The normalized spacial score (nSPS) is 10.2. The molecule has 0 spiro atoms. The summed E-state index contributed by atoms with van der Waals surface area (Å²) in [5, 5.41) is 12.5. The number of aliphatic hydroxyl groups is 1. The van der Waals surface area contributed by atoms with Crippen molar-refractivity contribution >= 4 is 153 Å². The van der Waals surface area contributed by atoms with Crippen molar-refractivity contribution in [2.24, 2.45) is 0 Å². The fourth-order valence-electron chi connectivity index (χ4n) is 6.22. The molecule has 0 aliphatic heterocycles. The number of aldehydes is 1. The van der Waals surface area contributed by atoms with Gasteiger partial charge in [-0.15, -0.1) is 0 Å². The number of ether oxygens (including phenoxy) is 3. The molecule has 5 nitrogen and oxygen atoms in total. The van der Waals surface area contributed by atoms with Gasteiger partial charge < -0.3 is 19.3 Å². The predicted octanol–water partition coefficient (Wildman–Crippen LogP) is 19.0. The van der Waals surface area contributed by atoms with Gasteiger partial charge in [-0.25, -0.2) is 0 Å². The number of methoxy groups -OCH3 is 3. The monoisotopic (exact) mass is 1370 g/mol. The number of hydrogen-bond acceptors (Lipinski definition) is 8. The molecule has 16 heteroatoms. The van der Waals surface area contributed by atoms with Crippen molar-refractivity contribution in [1.29, 1.82) is 0 Å². The summed E-state index contributed by atoms with van der Waals surface area (Å²) in [7, 11) is 5.02. The van der Waals surface area contributed by atoms with Gasteiger partial charge in [0.15, 0.2) is 0 Å². The molecule has 7 aromatic rings. The average molecular weight is 1380 g/mol. The third kappa shape index (κ3) is 26.5. The van der Waals surface area contributed by atoms with E-state index in [-0.39, 0.29) is 6.61 Å². The molecule has 0 saturated carbocycles. The molecule has 0 saturated heterocycles. The number of aliphatic hydroxyl groups excluding tert-OH is 1. The van der Waals surface area contributed by atoms with Gasteiger partial charge in [0.05, 0.1) is 21.3 Å². The van der Waals surface area contributed by atoms with Crippen LogP contribution in [0.5, 0.6) is 17.2 Å². The maximum atomic E-state index is 11.0. The van der Waals surface area contributed by atoms with E-state index < -0.39 is 0 Å². The van der Waals surface area contributed by atoms with E-state index in [9.17, 15) is 4.79 Å². The molecule has 7 rings (SSSR count). The van der Waals surface area contributed by atoms with E-state index in [2.05, 4.69) is 107 Å². The van der Waals surface area contributed by atoms with Crippen molar-refractivity contribution in [3.05, 3.63) is 224 Å². The standard InChI is InChI=1S/C17H17ClO2S.C16H16BrClOS.C8H7Br2Cl.C8H8BrClO.C8H10OS/c1-20-17-6-2-13(3-7-17)12-21-9-8-14-4-5-16(18)10-15(14)11-19;1-19-15-6-2-12(3-7-15)11-20-9-8-13-4-5-14(18)10-16(13)17;9-4-3-6-1-2-7(11)5-8(6)10;9-8-5-7(10)2-1-6(8)3-4-11;1-9-8-4-2-7(6-10)3-5-8/h2-7,10-11H,8-9,12H2,1H3;2-7,10H,8-9,11H2,1H3;1-2,5H,3-4H2;1-2,5,11H,3-4H2;2-5,10H,6H2,1H3. The van der Waals surface area contributed by atoms with Gasteiger partial charge in [0.1, 0.15) is 23.5 Å². The van der Waals surface area contributed by atoms with Crippen LogP contribution in [0.2, 0.25) is 20.1 Å². The van der Waals surface area contributed by atoms with E-state index in [1.165, 1.54) is 27.8 Å². The lowest BCUT2D eigenvalue weighted by molar-refractivity contribution is 0.112. The summed E-state index contributed by atoms with van der Waals surface area (Å²) in [6.07, 6.45) is 4.47. The van der Waals surface area contributed by atoms with Crippen LogP contribution < -0.4 is 14.2 Å². The first kappa shape index (κ1) is 65.0. The number of rotatable bonds is 19. The Morgan fingerprint density at radius 3 is 1.18 bits per heavy atom. The van der Waals surface area contributed by atoms with Crippen LogP contribution in [0.1, 0.15) is 49.3 Å². The summed E-state index contributed by atoms with van der Waals surface area (Å²) in [5.74, 6) is 7.49. The highest BCUT2D eigenvalue weighted by molar-refractivity contribution is 9.11. The molecule has 7 aromatic carbocycles. The number of carbonyl (C=O) groups excluding carboxylic acids is 1. The van der Waals surface area contributed by atoms with Crippen LogP contribution in [-0.2, 0) is 42.9 Å². The minimum atomic E-state index is 0.167. The van der Waals surface area contributed by atoms with Crippen LogP contribution in [0.15, 0.2) is 159 Å². The maximum Gasteiger partial charge on any atom is 0.150 e. The lowest BCUT2D eigenvalue weighted by Crippen LogP contribution is -1.95. The van der Waals surface area contributed by atoms with Gasteiger partial charge in [0.2, 0.25) is 0 Å². The summed E-state index contributed by atoms with van der Waals surface area (Å²) < 4.78 is 18.4. The smallest absolute Gasteiger partial charge is 0.150 e. The summed E-state index contributed by atoms with van der Waals surface area (Å²) in [6, 6.07) is 47.1. The number of benzene rings is 7. The lowest BCUT2D eigenvalue weighted by Gasteiger charge is -2.06. The van der Waals surface area contributed by atoms with Crippen molar-refractivity contribution in [3.8, 4) is 17.2 Å². The number of halogens is 8. The van der Waals surface area contributed by atoms with E-state index in [0.29, 0.717) is 22.0 Å². The second-order valence-corrected chi connectivity index (χ2v) is 23.0. The molecule has 0 fully saturated rings. The van der Waals surface area contributed by atoms with Crippen molar-refractivity contribution in [3.63, 3.8) is 0 Å². The van der Waals surface area contributed by atoms with E-state index >= 15 is 0 Å². The van der Waals surface area contributed by atoms with Gasteiger partial charge in [-0.05, 0) is 161 Å². The minimum Gasteiger partial charge on any atom is -0.497 e. The van der Waals surface area contributed by atoms with Crippen LogP contribution in [-0.4, -0.2) is 56.2 Å². The second kappa shape index (κ2) is 38.3. The summed E-state index contributed by atoms with van der Waals surface area (Å²) in [5.41, 5.74) is 9.21. The van der Waals surface area contributed by atoms with Crippen LogP contribution in [0, 0.1) is 0 Å². The molecule has 1 N–H and O–H groups in total. The molecule has 0 heterocycles. The van der Waals surface area contributed by atoms with Gasteiger partial charge in [-0.2, -0.15) is 36.2 Å². The van der Waals surface area contributed by atoms with Gasteiger partial charge in [0.25, 0.3) is 0 Å². The van der Waals surface area contributed by atoms with Crippen molar-refractivity contribution in [1.82, 2.24) is 0 Å². The Kier molecular flexibility index (Phi) is 34.1. The van der Waals surface area contributed by atoms with Gasteiger partial charge in [0, 0.05) is 68.3 Å². The molecule has 390 valence electrons. The van der Waals surface area contributed by atoms with Crippen LogP contribution in [0.3, 0.4) is 0 Å². The van der Waals surface area contributed by atoms with Crippen LogP contribution >= 0.6 is 146 Å². The van der Waals surface area contributed by atoms with E-state index in [0.717, 1.165) is 111 Å². The third-order valence-corrected chi connectivity index (χ3v) is 16.2. The van der Waals surface area contributed by atoms with Gasteiger partial charge in [-0.1, -0.05) is 171 Å². The number of hydrogen-bond donors (Lipinski definition) is 2. The average Bonchev–Trinajstić information content (AvgIpc) is 3.40. The summed E-state index contributed by atoms with van der Waals surface area (Å²) >= 11 is 45.0. The SMILES string of the molecule is COc1ccc(CS)cc1.COc1ccc(CSCCc2ccc(Cl)cc2Br)cc1.COc1ccc(CSCCc2ccc(Cl)cc2C=O)cc1.Clc1ccc(CCBr)c(Br)c1.OCCc1ccc(Cl)cc1Br. The van der Waals surface area contributed by atoms with Crippen molar-refractivity contribution < 1.29 is 24.1 Å². The van der Waals surface area contributed by atoms with E-state index in [1.54, 1.807) is 27.4 Å². The first-order valence-electron chi connectivity index (χ1n) is 22.6. The fraction of sp³-hybridized carbons (Fsp3) is 0.246. The molecule has 0 radical (unpaired) electrons. The first-order valence-corrected chi connectivity index (χ1v) is 30.6. The molecule has 73 heavy (non-hydrogen) atoms. The zero-order valence-electron chi connectivity index (χ0n) is 40.6. The fourth-order valence-corrected chi connectivity index (χ4v) is 11.6. The zero-order valence-corrected chi connectivity index (χ0v) is 52.5. The van der Waals surface area contributed by atoms with Crippen LogP contribution in [0.25, 0.3) is 0 Å². The Balaban J connectivity index is 0.000000250. The Bertz CT molecular complexity index is 2590. The number of alkyl halides is 1. The molecular weight excluding hydrogens is 1320 g/mol. The number of thiol groups is 1. The zero-order chi connectivity index (χ0) is 53.4. The minimum absolute atomic E-state index is 0.167. The molecule has 0 unspecified atom stereocenters. The Morgan fingerprint density at radius 1 is 0.493 bits per heavy atom. The topological polar surface area (TPSA) is 65.0 Å². The first-order chi connectivity index (χ1) is 35.2. The highest BCUT2D eigenvalue weighted by atomic mass is 79.9. The number of aryl methyl sites for hydroxylation is 3. The predicted molar refractivity (Wildman–Crippen MR) is 334 cm³/mol. The van der Waals surface area contributed by atoms with E-state index in [4.69, 9.17) is 65.7 Å². The molecule has 0 aromatic heterocycles. The number of thioether (sulfide) groups is 2. The maximum absolute atomic E-state index is 11.0. The summed E-state index contributed by atoms with van der Waals surface area (Å²) in [4.78, 5) is 11.0. The van der Waals surface area contributed by atoms with E-state index in [1.807, 2.05) is 133 Å². The Morgan fingerprint density at radius 2 is 0.836 bits per heavy atom. The second-order valence-electron chi connectivity index (χ2n) is 15.4. The van der Waals surface area contributed by atoms with Gasteiger partial charge >= 0.3 is 0 Å². The van der Waals surface area contributed by atoms with Crippen molar-refractivity contribution in [2.75, 3.05) is 44.8 Å². The summed E-state index contributed by atoms with van der Waals surface area (Å²) in [6.45, 7) is 0.167. The largest absolute Gasteiger partial charge is 0.497 e. The quantitative estimate of drug-likeness (QED) is 0.0362. The lowest BCUT2D eigenvalue weighted by atomic mass is 10.1. The third-order valence-electron chi connectivity index (χ3n) is 10.3. The molecule has 0 aliphatic rings. The van der Waals surface area contributed by atoms with Crippen molar-refractivity contribution in [2.45, 2.75) is 42.9 Å². The molecule has 0 aliphatic carbocycles. The number of carbonyl (C=O) groups is 1. The Hall–Kier alpha value is -2.30. The molecular formula is C57H58Br4Cl4O5S3. The van der Waals surface area contributed by atoms with Gasteiger partial charge in [-0.3, -0.25) is 4.79 Å². The highest BCUT2D eigenvalue weighted by Gasteiger charge is 2.05. The molecule has 0 atom stereocenters. The highest BCUT2D eigenvalue weighted by Crippen LogP contribution is 2.26. The van der Waals surface area contributed by atoms with Crippen LogP contribution in [0.4, 0.5) is 0 Å². The molecule has 0 amide bonds. The Labute approximate surface area is 500 Å².